The van der Waals surface area contributed by atoms with Crippen molar-refractivity contribution in [3.63, 3.8) is 0 Å². The number of aromatic nitrogens is 2. The van der Waals surface area contributed by atoms with Gasteiger partial charge in [-0.05, 0) is 17.7 Å². The quantitative estimate of drug-likeness (QED) is 0.699. The van der Waals surface area contributed by atoms with Gasteiger partial charge in [-0.1, -0.05) is 51.5 Å². The normalized spacial score (nSPS) is 12.2. The molecular formula is C15H26N4S. The Balaban J connectivity index is 2.72. The molecule has 0 aromatic carbocycles. The van der Waals surface area contributed by atoms with E-state index in [0.717, 1.165) is 23.2 Å². The summed E-state index contributed by atoms with van der Waals surface area (Å²) in [6.45, 7) is 9.25. The molecular weight excluding hydrogens is 268 g/mol. The van der Waals surface area contributed by atoms with Crippen LogP contribution in [0.5, 0.6) is 0 Å². The first-order valence-electron chi connectivity index (χ1n) is 7.23. The van der Waals surface area contributed by atoms with Gasteiger partial charge in [0, 0.05) is 19.8 Å². The minimum atomic E-state index is 0.320. The number of nitrogens with two attached hydrogens (primary N) is 1. The van der Waals surface area contributed by atoms with Crippen molar-refractivity contribution in [3.8, 4) is 0 Å². The van der Waals surface area contributed by atoms with Crippen molar-refractivity contribution in [1.82, 2.24) is 9.97 Å². The second-order valence-corrected chi connectivity index (χ2v) is 5.98. The molecule has 112 valence electrons. The first-order valence-corrected chi connectivity index (χ1v) is 8.11. The molecule has 0 aliphatic carbocycles. The zero-order valence-electron chi connectivity index (χ0n) is 12.8. The highest BCUT2D eigenvalue weighted by Crippen LogP contribution is 2.28. The standard InChI is InChI=1S/C15H26N4S/c1-5-8-12(6-2)9-10-19(4)14-13(20-7-3)11-17-15(16)18-14/h7,11-12H,3,5-6,8-10H2,1-2,4H3,(H2,16,17,18). The van der Waals surface area contributed by atoms with Crippen molar-refractivity contribution < 1.29 is 0 Å². The van der Waals surface area contributed by atoms with Gasteiger partial charge < -0.3 is 10.6 Å². The Morgan fingerprint density at radius 1 is 1.45 bits per heavy atom. The molecule has 5 heteroatoms. The van der Waals surface area contributed by atoms with Crippen LogP contribution in [0.1, 0.15) is 39.5 Å². The van der Waals surface area contributed by atoms with Crippen LogP contribution in [0.3, 0.4) is 0 Å². The predicted molar refractivity (Wildman–Crippen MR) is 89.1 cm³/mol. The van der Waals surface area contributed by atoms with E-state index in [-0.39, 0.29) is 0 Å². The summed E-state index contributed by atoms with van der Waals surface area (Å²) in [6, 6.07) is 0. The maximum atomic E-state index is 5.71. The smallest absolute Gasteiger partial charge is 0.222 e. The molecule has 0 radical (unpaired) electrons. The topological polar surface area (TPSA) is 55.0 Å². The summed E-state index contributed by atoms with van der Waals surface area (Å²) in [6.07, 6.45) is 6.74. The number of hydrogen-bond donors (Lipinski definition) is 1. The second kappa shape index (κ2) is 8.84. The lowest BCUT2D eigenvalue weighted by Gasteiger charge is -2.23. The van der Waals surface area contributed by atoms with E-state index in [4.69, 9.17) is 5.73 Å². The van der Waals surface area contributed by atoms with E-state index in [1.54, 1.807) is 11.6 Å². The zero-order chi connectivity index (χ0) is 15.0. The summed E-state index contributed by atoms with van der Waals surface area (Å²) >= 11 is 1.53. The molecule has 0 fully saturated rings. The minimum Gasteiger partial charge on any atom is -0.368 e. The Hall–Kier alpha value is -1.23. The highest BCUT2D eigenvalue weighted by Gasteiger charge is 2.13. The summed E-state index contributed by atoms with van der Waals surface area (Å²) in [5, 5.41) is 1.79. The molecule has 20 heavy (non-hydrogen) atoms. The fourth-order valence-electron chi connectivity index (χ4n) is 2.26. The van der Waals surface area contributed by atoms with Gasteiger partial charge in [0.1, 0.15) is 5.82 Å². The van der Waals surface area contributed by atoms with Gasteiger partial charge in [0.25, 0.3) is 0 Å². The lowest BCUT2D eigenvalue weighted by molar-refractivity contribution is 0.434. The van der Waals surface area contributed by atoms with E-state index in [1.165, 1.54) is 37.4 Å². The molecule has 1 aromatic heterocycles. The number of anilines is 2. The van der Waals surface area contributed by atoms with Gasteiger partial charge in [0.15, 0.2) is 0 Å². The summed E-state index contributed by atoms with van der Waals surface area (Å²) in [5.74, 6) is 2.01. The molecule has 0 spiro atoms. The Kier molecular flexibility index (Phi) is 7.44. The maximum absolute atomic E-state index is 5.71. The van der Waals surface area contributed by atoms with Crippen molar-refractivity contribution in [2.24, 2.45) is 5.92 Å². The number of thioether (sulfide) groups is 1. The second-order valence-electron chi connectivity index (χ2n) is 4.97. The number of hydrogen-bond acceptors (Lipinski definition) is 5. The first-order chi connectivity index (χ1) is 9.62. The Morgan fingerprint density at radius 3 is 2.80 bits per heavy atom. The molecule has 1 unspecified atom stereocenters. The third-order valence-corrected chi connectivity index (χ3v) is 4.18. The molecule has 1 atom stereocenters. The van der Waals surface area contributed by atoms with Gasteiger partial charge in [-0.2, -0.15) is 4.98 Å². The lowest BCUT2D eigenvalue weighted by atomic mass is 9.97. The highest BCUT2D eigenvalue weighted by molar-refractivity contribution is 8.02. The third-order valence-electron chi connectivity index (χ3n) is 3.47. The molecule has 0 saturated carbocycles. The molecule has 2 N–H and O–H groups in total. The van der Waals surface area contributed by atoms with Gasteiger partial charge in [0.2, 0.25) is 5.95 Å². The summed E-state index contributed by atoms with van der Waals surface area (Å²) in [7, 11) is 2.06. The predicted octanol–water partition coefficient (Wildman–Crippen LogP) is 3.95. The highest BCUT2D eigenvalue weighted by atomic mass is 32.2. The Morgan fingerprint density at radius 2 is 2.20 bits per heavy atom. The first kappa shape index (κ1) is 16.8. The van der Waals surface area contributed by atoms with Crippen LogP contribution in [0.25, 0.3) is 0 Å². The summed E-state index contributed by atoms with van der Waals surface area (Å²) in [5.41, 5.74) is 5.71. The van der Waals surface area contributed by atoms with Gasteiger partial charge in [-0.15, -0.1) is 0 Å². The number of nitrogen functional groups attached to an aromatic ring is 1. The van der Waals surface area contributed by atoms with E-state index >= 15 is 0 Å². The van der Waals surface area contributed by atoms with Crippen LogP contribution in [-0.4, -0.2) is 23.6 Å². The van der Waals surface area contributed by atoms with Crippen LogP contribution in [0.15, 0.2) is 23.1 Å². The average molecular weight is 294 g/mol. The lowest BCUT2D eigenvalue weighted by Crippen LogP contribution is -2.23. The molecule has 1 aromatic rings. The fourth-order valence-corrected chi connectivity index (χ4v) is 2.86. The molecule has 4 nitrogen and oxygen atoms in total. The number of nitrogens with zero attached hydrogens (tertiary/aromatic N) is 3. The SMILES string of the molecule is C=CSc1cnc(N)nc1N(C)CCC(CC)CCC. The maximum Gasteiger partial charge on any atom is 0.222 e. The zero-order valence-corrected chi connectivity index (χ0v) is 13.6. The van der Waals surface area contributed by atoms with Crippen LogP contribution < -0.4 is 10.6 Å². The van der Waals surface area contributed by atoms with E-state index in [0.29, 0.717) is 5.95 Å². The molecule has 1 rings (SSSR count). The van der Waals surface area contributed by atoms with Crippen LogP contribution >= 0.6 is 11.8 Å². The van der Waals surface area contributed by atoms with Crippen molar-refractivity contribution in [1.29, 1.82) is 0 Å². The molecule has 0 amide bonds. The van der Waals surface area contributed by atoms with Crippen LogP contribution in [0.4, 0.5) is 11.8 Å². The molecule has 1 heterocycles. The molecule has 0 saturated heterocycles. The van der Waals surface area contributed by atoms with Gasteiger partial charge in [-0.3, -0.25) is 0 Å². The summed E-state index contributed by atoms with van der Waals surface area (Å²) < 4.78 is 0. The van der Waals surface area contributed by atoms with Gasteiger partial charge in [-0.25, -0.2) is 4.98 Å². The molecule has 0 aliphatic rings. The van der Waals surface area contributed by atoms with E-state index in [2.05, 4.69) is 42.3 Å². The van der Waals surface area contributed by atoms with Crippen molar-refractivity contribution in [3.05, 3.63) is 18.2 Å². The Bertz CT molecular complexity index is 422. The van der Waals surface area contributed by atoms with Crippen molar-refractivity contribution >= 4 is 23.5 Å². The Labute approximate surface area is 126 Å². The van der Waals surface area contributed by atoms with E-state index in [9.17, 15) is 0 Å². The van der Waals surface area contributed by atoms with Gasteiger partial charge in [0.05, 0.1) is 4.90 Å². The van der Waals surface area contributed by atoms with Crippen LogP contribution in [-0.2, 0) is 0 Å². The van der Waals surface area contributed by atoms with Crippen molar-refractivity contribution in [2.45, 2.75) is 44.4 Å². The molecule has 0 bridgehead atoms. The third kappa shape index (κ3) is 5.04. The van der Waals surface area contributed by atoms with Crippen LogP contribution in [0, 0.1) is 5.92 Å². The van der Waals surface area contributed by atoms with Crippen molar-refractivity contribution in [2.75, 3.05) is 24.2 Å². The fraction of sp³-hybridized carbons (Fsp3) is 0.600. The monoisotopic (exact) mass is 294 g/mol. The largest absolute Gasteiger partial charge is 0.368 e. The molecule has 0 aliphatic heterocycles. The van der Waals surface area contributed by atoms with E-state index < -0.39 is 0 Å². The van der Waals surface area contributed by atoms with Crippen LogP contribution in [0.2, 0.25) is 0 Å². The summed E-state index contributed by atoms with van der Waals surface area (Å²) in [4.78, 5) is 11.6. The van der Waals surface area contributed by atoms with Gasteiger partial charge >= 0.3 is 0 Å². The average Bonchev–Trinajstić information content (AvgIpc) is 2.45. The number of rotatable bonds is 9. The van der Waals surface area contributed by atoms with E-state index in [1.807, 2.05) is 0 Å². The minimum absolute atomic E-state index is 0.320.